The van der Waals surface area contributed by atoms with Crippen LogP contribution < -0.4 is 10.6 Å². The van der Waals surface area contributed by atoms with Gasteiger partial charge in [0.1, 0.15) is 17.2 Å². The molecule has 0 bridgehead atoms. The predicted molar refractivity (Wildman–Crippen MR) is 85.3 cm³/mol. The second kappa shape index (κ2) is 5.20. The van der Waals surface area contributed by atoms with Crippen LogP contribution in [0.5, 0.6) is 0 Å². The van der Waals surface area contributed by atoms with Gasteiger partial charge in [0.05, 0.1) is 18.0 Å². The van der Waals surface area contributed by atoms with Gasteiger partial charge in [-0.05, 0) is 24.8 Å². The molecule has 2 aromatic heterocycles. The number of pyridine rings is 1. The summed E-state index contributed by atoms with van der Waals surface area (Å²) in [5.41, 5.74) is 8.92. The van der Waals surface area contributed by atoms with Crippen molar-refractivity contribution in [1.29, 1.82) is 0 Å². The molecule has 6 heteroatoms. The number of aromatic nitrogens is 3. The third kappa shape index (κ3) is 2.61. The fourth-order valence-electron chi connectivity index (χ4n) is 2.32. The summed E-state index contributed by atoms with van der Waals surface area (Å²) in [4.78, 5) is 15.0. The standard InChI is InChI=1S/C15H20N6/c1-17-14(6-11(16)10-4-5-10)21(3)15-7-13-12(8-18-15)19-9-20(13)2/h6-10H,4-5,16H2,1-3H3/b11-6-,17-14?. The number of likely N-dealkylation sites (N-methyl/N-ethyl adjacent to an activating group) is 1. The first-order chi connectivity index (χ1) is 10.1. The molecule has 0 amide bonds. The van der Waals surface area contributed by atoms with E-state index in [0.29, 0.717) is 5.92 Å². The van der Waals surface area contributed by atoms with Gasteiger partial charge in [-0.15, -0.1) is 0 Å². The smallest absolute Gasteiger partial charge is 0.136 e. The number of rotatable bonds is 3. The van der Waals surface area contributed by atoms with Crippen molar-refractivity contribution >= 4 is 22.7 Å². The first-order valence-corrected chi connectivity index (χ1v) is 7.05. The summed E-state index contributed by atoms with van der Waals surface area (Å²) in [6.45, 7) is 0. The van der Waals surface area contributed by atoms with Crippen molar-refractivity contribution in [2.75, 3.05) is 19.0 Å². The molecule has 110 valence electrons. The number of anilines is 1. The van der Waals surface area contributed by atoms with Crippen LogP contribution in [0.4, 0.5) is 5.82 Å². The zero-order chi connectivity index (χ0) is 15.0. The monoisotopic (exact) mass is 284 g/mol. The Labute approximate surface area is 124 Å². The number of hydrogen-bond acceptors (Lipinski definition) is 4. The molecule has 0 unspecified atom stereocenters. The number of aryl methyl sites for hydroxylation is 1. The van der Waals surface area contributed by atoms with Gasteiger partial charge in [-0.2, -0.15) is 0 Å². The van der Waals surface area contributed by atoms with Crippen molar-refractivity contribution in [2.45, 2.75) is 12.8 Å². The summed E-state index contributed by atoms with van der Waals surface area (Å²) in [5, 5.41) is 0. The van der Waals surface area contributed by atoms with E-state index in [1.165, 1.54) is 12.8 Å². The summed E-state index contributed by atoms with van der Waals surface area (Å²) in [5.74, 6) is 2.17. The predicted octanol–water partition coefficient (Wildman–Crippen LogP) is 1.69. The lowest BCUT2D eigenvalue weighted by Crippen LogP contribution is -2.26. The summed E-state index contributed by atoms with van der Waals surface area (Å²) in [6, 6.07) is 2.01. The molecular weight excluding hydrogens is 264 g/mol. The van der Waals surface area contributed by atoms with Gasteiger partial charge in [0.2, 0.25) is 0 Å². The Bertz CT molecular complexity index is 723. The lowest BCUT2D eigenvalue weighted by Gasteiger charge is -2.18. The molecule has 1 saturated carbocycles. The maximum absolute atomic E-state index is 6.09. The molecule has 0 radical (unpaired) electrons. The highest BCUT2D eigenvalue weighted by Crippen LogP contribution is 2.33. The van der Waals surface area contributed by atoms with E-state index in [1.807, 2.05) is 35.7 Å². The largest absolute Gasteiger partial charge is 0.402 e. The molecule has 1 fully saturated rings. The van der Waals surface area contributed by atoms with Gasteiger partial charge in [-0.3, -0.25) is 4.99 Å². The molecule has 0 spiro atoms. The second-order valence-corrected chi connectivity index (χ2v) is 5.45. The minimum Gasteiger partial charge on any atom is -0.402 e. The Balaban J connectivity index is 1.92. The van der Waals surface area contributed by atoms with E-state index in [1.54, 1.807) is 19.6 Å². The van der Waals surface area contributed by atoms with E-state index in [-0.39, 0.29) is 0 Å². The number of amidine groups is 1. The molecule has 1 aliphatic carbocycles. The number of fused-ring (bicyclic) bond motifs is 1. The highest BCUT2D eigenvalue weighted by Gasteiger charge is 2.24. The molecule has 0 saturated heterocycles. The SMILES string of the molecule is CN=C(/C=C(\N)C1CC1)N(C)c1cc2c(cn1)ncn2C. The minimum atomic E-state index is 0.530. The molecule has 2 N–H and O–H groups in total. The van der Waals surface area contributed by atoms with Gasteiger partial charge in [0.25, 0.3) is 0 Å². The fraction of sp³-hybridized carbons (Fsp3) is 0.400. The van der Waals surface area contributed by atoms with Crippen LogP contribution in [0.3, 0.4) is 0 Å². The van der Waals surface area contributed by atoms with Crippen LogP contribution in [0.25, 0.3) is 11.0 Å². The van der Waals surface area contributed by atoms with Crippen LogP contribution >= 0.6 is 0 Å². The Morgan fingerprint density at radius 2 is 2.24 bits per heavy atom. The molecular formula is C15H20N6. The number of imidazole rings is 1. The van der Waals surface area contributed by atoms with Gasteiger partial charge in [0.15, 0.2) is 0 Å². The molecule has 0 aliphatic heterocycles. The lowest BCUT2D eigenvalue weighted by atomic mass is 10.2. The first kappa shape index (κ1) is 13.6. The summed E-state index contributed by atoms with van der Waals surface area (Å²) < 4.78 is 1.98. The first-order valence-electron chi connectivity index (χ1n) is 7.05. The molecule has 0 atom stereocenters. The topological polar surface area (TPSA) is 72.3 Å². The number of aliphatic imine (C=N–C) groups is 1. The summed E-state index contributed by atoms with van der Waals surface area (Å²) in [6.07, 6.45) is 7.88. The van der Waals surface area contributed by atoms with Crippen molar-refractivity contribution < 1.29 is 0 Å². The molecule has 21 heavy (non-hydrogen) atoms. The van der Waals surface area contributed by atoms with Gasteiger partial charge >= 0.3 is 0 Å². The van der Waals surface area contributed by atoms with E-state index >= 15 is 0 Å². The number of nitrogens with zero attached hydrogens (tertiary/aromatic N) is 5. The third-order valence-corrected chi connectivity index (χ3v) is 3.86. The third-order valence-electron chi connectivity index (χ3n) is 3.86. The van der Waals surface area contributed by atoms with E-state index in [2.05, 4.69) is 15.0 Å². The van der Waals surface area contributed by atoms with Gasteiger partial charge in [-0.25, -0.2) is 9.97 Å². The Hall–Kier alpha value is -2.37. The van der Waals surface area contributed by atoms with E-state index in [4.69, 9.17) is 5.73 Å². The maximum atomic E-state index is 6.09. The van der Waals surface area contributed by atoms with Crippen LogP contribution in [-0.2, 0) is 7.05 Å². The average Bonchev–Trinajstić information content (AvgIpc) is 3.28. The Kier molecular flexibility index (Phi) is 3.37. The Morgan fingerprint density at radius 1 is 1.48 bits per heavy atom. The Morgan fingerprint density at radius 3 is 2.90 bits per heavy atom. The van der Waals surface area contributed by atoms with Crippen molar-refractivity contribution in [3.8, 4) is 0 Å². The molecule has 0 aromatic carbocycles. The second-order valence-electron chi connectivity index (χ2n) is 5.45. The van der Waals surface area contributed by atoms with E-state index in [9.17, 15) is 0 Å². The van der Waals surface area contributed by atoms with Crippen LogP contribution in [-0.4, -0.2) is 34.5 Å². The fourth-order valence-corrected chi connectivity index (χ4v) is 2.32. The van der Waals surface area contributed by atoms with E-state index < -0.39 is 0 Å². The van der Waals surface area contributed by atoms with Crippen molar-refractivity contribution in [1.82, 2.24) is 14.5 Å². The van der Waals surface area contributed by atoms with Crippen LogP contribution in [0.15, 0.2) is 35.4 Å². The lowest BCUT2D eigenvalue weighted by molar-refractivity contribution is 0.947. The van der Waals surface area contributed by atoms with Crippen LogP contribution in [0, 0.1) is 5.92 Å². The quantitative estimate of drug-likeness (QED) is 0.687. The maximum Gasteiger partial charge on any atom is 0.136 e. The molecule has 2 heterocycles. The van der Waals surface area contributed by atoms with Gasteiger partial charge in [-0.1, -0.05) is 0 Å². The zero-order valence-corrected chi connectivity index (χ0v) is 12.6. The molecule has 3 rings (SSSR count). The minimum absolute atomic E-state index is 0.530. The molecule has 2 aromatic rings. The highest BCUT2D eigenvalue weighted by atomic mass is 15.2. The van der Waals surface area contributed by atoms with Gasteiger partial charge < -0.3 is 15.2 Å². The molecule has 6 nitrogen and oxygen atoms in total. The van der Waals surface area contributed by atoms with E-state index in [0.717, 1.165) is 28.4 Å². The van der Waals surface area contributed by atoms with Crippen molar-refractivity contribution in [3.05, 3.63) is 30.4 Å². The highest BCUT2D eigenvalue weighted by molar-refractivity contribution is 6.05. The summed E-state index contributed by atoms with van der Waals surface area (Å²) >= 11 is 0. The normalized spacial score (nSPS) is 16.5. The zero-order valence-electron chi connectivity index (χ0n) is 12.6. The number of nitrogens with two attached hydrogens (primary N) is 1. The molecule has 1 aliphatic rings. The van der Waals surface area contributed by atoms with Crippen molar-refractivity contribution in [2.24, 2.45) is 23.7 Å². The number of allylic oxidation sites excluding steroid dienone is 1. The summed E-state index contributed by atoms with van der Waals surface area (Å²) in [7, 11) is 5.69. The van der Waals surface area contributed by atoms with Crippen LogP contribution in [0.1, 0.15) is 12.8 Å². The van der Waals surface area contributed by atoms with Crippen LogP contribution in [0.2, 0.25) is 0 Å². The van der Waals surface area contributed by atoms with Crippen molar-refractivity contribution in [3.63, 3.8) is 0 Å². The average molecular weight is 284 g/mol. The van der Waals surface area contributed by atoms with Gasteiger partial charge in [0, 0.05) is 32.9 Å². The number of hydrogen-bond donors (Lipinski definition) is 1.